The highest BCUT2D eigenvalue weighted by molar-refractivity contribution is 4.94. The van der Waals surface area contributed by atoms with Crippen molar-refractivity contribution >= 4 is 0 Å². The number of rotatable bonds is 0. The van der Waals surface area contributed by atoms with Crippen molar-refractivity contribution in [3.63, 3.8) is 0 Å². The zero-order chi connectivity index (χ0) is 9.47. The molecule has 0 bridgehead atoms. The van der Waals surface area contributed by atoms with Gasteiger partial charge >= 0.3 is 0 Å². The van der Waals surface area contributed by atoms with Crippen molar-refractivity contribution in [2.24, 2.45) is 11.3 Å². The van der Waals surface area contributed by atoms with Crippen LogP contribution in [0.1, 0.15) is 32.6 Å². The van der Waals surface area contributed by atoms with Crippen molar-refractivity contribution in [3.05, 3.63) is 0 Å². The first-order valence-corrected chi connectivity index (χ1v) is 5.47. The Labute approximate surface area is 80.9 Å². The summed E-state index contributed by atoms with van der Waals surface area (Å²) in [7, 11) is 2.21. The molecule has 76 valence electrons. The van der Waals surface area contributed by atoms with Crippen LogP contribution in [-0.2, 0) is 0 Å². The maximum Gasteiger partial charge on any atom is 0.0545 e. The van der Waals surface area contributed by atoms with Crippen LogP contribution in [0.4, 0.5) is 0 Å². The SMILES string of the molecule is CN1CC[C@]2(C)C[C@H](O)CC[C@@H]2C1. The van der Waals surface area contributed by atoms with Gasteiger partial charge in [0.2, 0.25) is 0 Å². The van der Waals surface area contributed by atoms with E-state index in [9.17, 15) is 5.11 Å². The minimum atomic E-state index is -0.0235. The fraction of sp³-hybridized carbons (Fsp3) is 1.00. The summed E-state index contributed by atoms with van der Waals surface area (Å²) in [6.45, 7) is 4.82. The summed E-state index contributed by atoms with van der Waals surface area (Å²) in [4.78, 5) is 2.43. The molecule has 0 aromatic heterocycles. The van der Waals surface area contributed by atoms with Crippen LogP contribution in [-0.4, -0.2) is 36.2 Å². The maximum absolute atomic E-state index is 9.67. The number of likely N-dealkylation sites (tertiary alicyclic amines) is 1. The van der Waals surface area contributed by atoms with Gasteiger partial charge in [0.1, 0.15) is 0 Å². The summed E-state index contributed by atoms with van der Waals surface area (Å²) in [5, 5.41) is 9.67. The zero-order valence-corrected chi connectivity index (χ0v) is 8.79. The quantitative estimate of drug-likeness (QED) is 0.615. The van der Waals surface area contributed by atoms with E-state index in [1.54, 1.807) is 0 Å². The molecule has 0 amide bonds. The minimum Gasteiger partial charge on any atom is -0.393 e. The zero-order valence-electron chi connectivity index (χ0n) is 8.79. The third-order valence-corrected chi connectivity index (χ3v) is 4.13. The highest BCUT2D eigenvalue weighted by Gasteiger charge is 2.42. The predicted molar refractivity (Wildman–Crippen MR) is 53.6 cm³/mol. The molecule has 13 heavy (non-hydrogen) atoms. The molecule has 2 rings (SSSR count). The lowest BCUT2D eigenvalue weighted by Gasteiger charge is -2.49. The van der Waals surface area contributed by atoms with Gasteiger partial charge in [0.25, 0.3) is 0 Å². The summed E-state index contributed by atoms with van der Waals surface area (Å²) in [6, 6.07) is 0. The Morgan fingerprint density at radius 3 is 2.92 bits per heavy atom. The molecule has 2 heteroatoms. The summed E-state index contributed by atoms with van der Waals surface area (Å²) >= 11 is 0. The van der Waals surface area contributed by atoms with E-state index in [1.165, 1.54) is 25.9 Å². The van der Waals surface area contributed by atoms with Crippen LogP contribution in [0.25, 0.3) is 0 Å². The van der Waals surface area contributed by atoms with E-state index in [4.69, 9.17) is 0 Å². The van der Waals surface area contributed by atoms with E-state index in [-0.39, 0.29) is 6.10 Å². The first-order valence-electron chi connectivity index (χ1n) is 5.47. The summed E-state index contributed by atoms with van der Waals surface area (Å²) in [5.41, 5.74) is 0.435. The van der Waals surface area contributed by atoms with E-state index in [2.05, 4.69) is 18.9 Å². The van der Waals surface area contributed by atoms with Crippen molar-refractivity contribution in [1.29, 1.82) is 0 Å². The molecule has 1 aliphatic carbocycles. The van der Waals surface area contributed by atoms with E-state index in [1.807, 2.05) is 0 Å². The average Bonchev–Trinajstić information content (AvgIpc) is 2.06. The second-order valence-corrected chi connectivity index (χ2v) is 5.30. The third kappa shape index (κ3) is 1.75. The van der Waals surface area contributed by atoms with Gasteiger partial charge in [0, 0.05) is 6.54 Å². The van der Waals surface area contributed by atoms with Gasteiger partial charge in [-0.1, -0.05) is 6.92 Å². The third-order valence-electron chi connectivity index (χ3n) is 4.13. The molecule has 3 atom stereocenters. The van der Waals surface area contributed by atoms with Crippen LogP contribution in [0.15, 0.2) is 0 Å². The van der Waals surface area contributed by atoms with Crippen molar-refractivity contribution in [3.8, 4) is 0 Å². The van der Waals surface area contributed by atoms with E-state index < -0.39 is 0 Å². The molecular weight excluding hydrogens is 162 g/mol. The molecule has 0 aromatic rings. The number of nitrogens with zero attached hydrogens (tertiary/aromatic N) is 1. The number of hydrogen-bond acceptors (Lipinski definition) is 2. The van der Waals surface area contributed by atoms with Crippen LogP contribution in [0, 0.1) is 11.3 Å². The van der Waals surface area contributed by atoms with E-state index in [0.29, 0.717) is 5.41 Å². The lowest BCUT2D eigenvalue weighted by molar-refractivity contribution is -0.0334. The number of aliphatic hydroxyl groups excluding tert-OH is 1. The second kappa shape index (κ2) is 3.25. The molecule has 2 fully saturated rings. The lowest BCUT2D eigenvalue weighted by atomic mass is 9.63. The molecule has 2 aliphatic rings. The van der Waals surface area contributed by atoms with Gasteiger partial charge in [-0.15, -0.1) is 0 Å². The van der Waals surface area contributed by atoms with Crippen molar-refractivity contribution in [2.75, 3.05) is 20.1 Å². The molecule has 0 unspecified atom stereocenters. The van der Waals surface area contributed by atoms with Crippen molar-refractivity contribution < 1.29 is 5.11 Å². The largest absolute Gasteiger partial charge is 0.393 e. The van der Waals surface area contributed by atoms with Gasteiger partial charge in [0.05, 0.1) is 6.10 Å². The van der Waals surface area contributed by atoms with E-state index >= 15 is 0 Å². The molecule has 0 radical (unpaired) electrons. The van der Waals surface area contributed by atoms with Crippen molar-refractivity contribution in [2.45, 2.75) is 38.7 Å². The van der Waals surface area contributed by atoms with Crippen LogP contribution < -0.4 is 0 Å². The fourth-order valence-corrected chi connectivity index (χ4v) is 3.08. The van der Waals surface area contributed by atoms with Gasteiger partial charge in [0.15, 0.2) is 0 Å². The van der Waals surface area contributed by atoms with Gasteiger partial charge in [-0.05, 0) is 50.6 Å². The molecule has 1 N–H and O–H groups in total. The Hall–Kier alpha value is -0.0800. The predicted octanol–water partition coefficient (Wildman–Crippen LogP) is 1.49. The van der Waals surface area contributed by atoms with Gasteiger partial charge < -0.3 is 10.0 Å². The standard InChI is InChI=1S/C11H21NO/c1-11-5-6-12(2)8-9(11)3-4-10(13)7-11/h9-10,13H,3-8H2,1-2H3/t9-,10-,11-/m1/s1. The maximum atomic E-state index is 9.67. The highest BCUT2D eigenvalue weighted by atomic mass is 16.3. The van der Waals surface area contributed by atoms with Crippen LogP contribution in [0.2, 0.25) is 0 Å². The number of fused-ring (bicyclic) bond motifs is 1. The summed E-state index contributed by atoms with van der Waals surface area (Å²) < 4.78 is 0. The second-order valence-electron chi connectivity index (χ2n) is 5.30. The minimum absolute atomic E-state index is 0.0235. The molecule has 0 aromatic carbocycles. The Balaban J connectivity index is 2.07. The Kier molecular flexibility index (Phi) is 2.37. The van der Waals surface area contributed by atoms with Crippen LogP contribution in [0.5, 0.6) is 0 Å². The van der Waals surface area contributed by atoms with Crippen molar-refractivity contribution in [1.82, 2.24) is 4.90 Å². The van der Waals surface area contributed by atoms with Gasteiger partial charge in [-0.3, -0.25) is 0 Å². The van der Waals surface area contributed by atoms with Gasteiger partial charge in [-0.25, -0.2) is 0 Å². The molecule has 1 heterocycles. The normalized spacial score (nSPS) is 47.3. The monoisotopic (exact) mass is 183 g/mol. The topological polar surface area (TPSA) is 23.5 Å². The highest BCUT2D eigenvalue weighted by Crippen LogP contribution is 2.46. The lowest BCUT2D eigenvalue weighted by Crippen LogP contribution is -2.48. The van der Waals surface area contributed by atoms with Crippen LogP contribution >= 0.6 is 0 Å². The smallest absolute Gasteiger partial charge is 0.0545 e. The molecule has 1 aliphatic heterocycles. The molecular formula is C11H21NO. The molecule has 2 nitrogen and oxygen atoms in total. The number of hydrogen-bond donors (Lipinski definition) is 1. The molecule has 0 spiro atoms. The average molecular weight is 183 g/mol. The van der Waals surface area contributed by atoms with Gasteiger partial charge in [-0.2, -0.15) is 0 Å². The first-order chi connectivity index (χ1) is 6.10. The summed E-state index contributed by atoms with van der Waals surface area (Å²) in [5.74, 6) is 0.828. The Morgan fingerprint density at radius 1 is 1.38 bits per heavy atom. The summed E-state index contributed by atoms with van der Waals surface area (Å²) in [6.07, 6.45) is 4.52. The molecule has 1 saturated carbocycles. The Bertz CT molecular complexity index is 195. The fourth-order valence-electron chi connectivity index (χ4n) is 3.08. The van der Waals surface area contributed by atoms with Crippen LogP contribution in [0.3, 0.4) is 0 Å². The van der Waals surface area contributed by atoms with E-state index in [0.717, 1.165) is 18.8 Å². The first kappa shape index (κ1) is 9.47. The molecule has 1 saturated heterocycles. The number of piperidine rings is 1. The number of aliphatic hydroxyl groups is 1. The Morgan fingerprint density at radius 2 is 2.15 bits per heavy atom.